The van der Waals surface area contributed by atoms with Gasteiger partial charge in [0.25, 0.3) is 0 Å². The van der Waals surface area contributed by atoms with E-state index in [1.54, 1.807) is 23.8 Å². The molecule has 1 heterocycles. The van der Waals surface area contributed by atoms with Gasteiger partial charge in [0.2, 0.25) is 0 Å². The van der Waals surface area contributed by atoms with E-state index in [0.29, 0.717) is 17.8 Å². The van der Waals surface area contributed by atoms with Crippen LogP contribution in [0.2, 0.25) is 0 Å². The molecule has 3 rings (SSSR count). The number of benzene rings is 1. The van der Waals surface area contributed by atoms with Crippen molar-refractivity contribution in [2.45, 2.75) is 39.2 Å². The number of amides is 3. The van der Waals surface area contributed by atoms with Gasteiger partial charge in [-0.1, -0.05) is 24.5 Å². The molecule has 3 amide bonds. The van der Waals surface area contributed by atoms with Crippen LogP contribution in [0.3, 0.4) is 0 Å². The predicted molar refractivity (Wildman–Crippen MR) is 127 cm³/mol. The van der Waals surface area contributed by atoms with Crippen LogP contribution >= 0.6 is 11.3 Å². The Morgan fingerprint density at radius 3 is 2.64 bits per heavy atom. The second-order valence-corrected chi connectivity index (χ2v) is 9.40. The molecule has 0 unspecified atom stereocenters. The van der Waals surface area contributed by atoms with Gasteiger partial charge < -0.3 is 15.0 Å². The van der Waals surface area contributed by atoms with Gasteiger partial charge in [0.05, 0.1) is 17.7 Å². The summed E-state index contributed by atoms with van der Waals surface area (Å²) in [7, 11) is 3.75. The van der Waals surface area contributed by atoms with E-state index >= 15 is 0 Å². The highest BCUT2D eigenvalue weighted by molar-refractivity contribution is 7.09. The lowest BCUT2D eigenvalue weighted by Gasteiger charge is -2.23. The van der Waals surface area contributed by atoms with Crippen LogP contribution in [-0.2, 0) is 11.3 Å². The fourth-order valence-corrected chi connectivity index (χ4v) is 4.25. The van der Waals surface area contributed by atoms with Crippen molar-refractivity contribution >= 4 is 34.9 Å². The normalized spacial score (nSPS) is 13.7. The highest BCUT2D eigenvalue weighted by atomic mass is 32.1. The summed E-state index contributed by atoms with van der Waals surface area (Å²) in [6, 6.07) is 4.74. The van der Waals surface area contributed by atoms with Crippen LogP contribution < -0.4 is 10.7 Å². The largest absolute Gasteiger partial charge is 0.447 e. The van der Waals surface area contributed by atoms with Gasteiger partial charge in [-0.3, -0.25) is 9.78 Å². The summed E-state index contributed by atoms with van der Waals surface area (Å²) in [4.78, 5) is 45.2. The molecule has 0 aliphatic heterocycles. The molecule has 10 heteroatoms. The molecule has 0 atom stereocenters. The number of thiazole rings is 1. The molecule has 1 aromatic heterocycles. The number of hydrogen-bond acceptors (Lipinski definition) is 7. The number of Topliss-reactive ketones (excluding diaryl/α,β-unsaturated/α-hetero) is 1. The molecule has 1 fully saturated rings. The van der Waals surface area contributed by atoms with Crippen LogP contribution in [0.25, 0.3) is 0 Å². The Balaban J connectivity index is 1.70. The van der Waals surface area contributed by atoms with Crippen molar-refractivity contribution in [1.29, 1.82) is 0 Å². The smallest absolute Gasteiger partial charge is 0.429 e. The maximum absolute atomic E-state index is 13.1. The van der Waals surface area contributed by atoms with Crippen LogP contribution in [0.5, 0.6) is 0 Å². The standard InChI is InChI=1S/C23H31N5O4S/c1-16-8-9-20(19(12-16)21(29)17-6-4-5-7-17)25-22(30)26-28(14-18-13-24-15-33-18)23(31)32-11-10-27(2)3/h8-9,12-13,15,17H,4-7,10-11,14H2,1-3H3,(H2,25,26,30). The first-order valence-corrected chi connectivity index (χ1v) is 11.9. The van der Waals surface area contributed by atoms with E-state index in [1.165, 1.54) is 11.3 Å². The van der Waals surface area contributed by atoms with Crippen molar-refractivity contribution in [2.75, 3.05) is 32.6 Å². The van der Waals surface area contributed by atoms with Crippen LogP contribution in [0.1, 0.15) is 46.5 Å². The third-order valence-corrected chi connectivity index (χ3v) is 6.20. The van der Waals surface area contributed by atoms with Crippen molar-refractivity contribution in [3.8, 4) is 0 Å². The van der Waals surface area contributed by atoms with E-state index in [1.807, 2.05) is 32.0 Å². The number of nitrogens with zero attached hydrogens (tertiary/aromatic N) is 3. The van der Waals surface area contributed by atoms with Gasteiger partial charge in [0.15, 0.2) is 5.78 Å². The summed E-state index contributed by atoms with van der Waals surface area (Å²) in [5, 5.41) is 3.84. The number of hydrazine groups is 1. The average molecular weight is 474 g/mol. The SMILES string of the molecule is Cc1ccc(NC(=O)NN(Cc2cncs2)C(=O)OCCN(C)C)c(C(=O)C2CCCC2)c1. The molecular formula is C23H31N5O4S. The van der Waals surface area contributed by atoms with Crippen LogP contribution in [0.15, 0.2) is 29.9 Å². The average Bonchev–Trinajstić information content (AvgIpc) is 3.48. The quantitative estimate of drug-likeness (QED) is 0.443. The van der Waals surface area contributed by atoms with E-state index in [9.17, 15) is 14.4 Å². The molecule has 33 heavy (non-hydrogen) atoms. The zero-order valence-corrected chi connectivity index (χ0v) is 20.1. The molecule has 9 nitrogen and oxygen atoms in total. The highest BCUT2D eigenvalue weighted by Gasteiger charge is 2.27. The highest BCUT2D eigenvalue weighted by Crippen LogP contribution is 2.31. The Morgan fingerprint density at radius 2 is 1.97 bits per heavy atom. The predicted octanol–water partition coefficient (Wildman–Crippen LogP) is 4.06. The van der Waals surface area contributed by atoms with Gasteiger partial charge in [-0.2, -0.15) is 0 Å². The number of carbonyl (C=O) groups is 3. The molecule has 0 saturated heterocycles. The summed E-state index contributed by atoms with van der Waals surface area (Å²) < 4.78 is 5.29. The number of ketones is 1. The molecule has 2 N–H and O–H groups in total. The van der Waals surface area contributed by atoms with Gasteiger partial charge in [0, 0.05) is 29.1 Å². The Hall–Kier alpha value is -2.98. The van der Waals surface area contributed by atoms with Crippen LogP contribution in [0, 0.1) is 12.8 Å². The summed E-state index contributed by atoms with van der Waals surface area (Å²) >= 11 is 1.37. The molecule has 0 bridgehead atoms. The summed E-state index contributed by atoms with van der Waals surface area (Å²) in [5.41, 5.74) is 6.07. The van der Waals surface area contributed by atoms with Crippen molar-refractivity contribution in [3.63, 3.8) is 0 Å². The van der Waals surface area contributed by atoms with E-state index in [2.05, 4.69) is 15.7 Å². The molecule has 1 saturated carbocycles. The zero-order valence-electron chi connectivity index (χ0n) is 19.3. The minimum atomic E-state index is -0.674. The number of carbonyl (C=O) groups excluding carboxylic acids is 3. The number of nitrogens with one attached hydrogen (secondary N) is 2. The molecule has 1 aromatic carbocycles. The third-order valence-electron chi connectivity index (χ3n) is 5.43. The second kappa shape index (κ2) is 11.8. The number of ether oxygens (including phenoxy) is 1. The third kappa shape index (κ3) is 7.26. The number of hydrogen-bond donors (Lipinski definition) is 2. The van der Waals surface area contributed by atoms with Crippen molar-refractivity contribution < 1.29 is 19.1 Å². The van der Waals surface area contributed by atoms with Gasteiger partial charge in [0.1, 0.15) is 6.61 Å². The van der Waals surface area contributed by atoms with Crippen molar-refractivity contribution in [1.82, 2.24) is 20.3 Å². The van der Waals surface area contributed by atoms with E-state index < -0.39 is 12.1 Å². The van der Waals surface area contributed by atoms with Gasteiger partial charge in [-0.15, -0.1) is 11.3 Å². The van der Waals surface area contributed by atoms with E-state index in [0.717, 1.165) is 41.1 Å². The monoisotopic (exact) mass is 473 g/mol. The van der Waals surface area contributed by atoms with Crippen molar-refractivity contribution in [2.24, 2.45) is 5.92 Å². The maximum Gasteiger partial charge on any atom is 0.429 e. The lowest BCUT2D eigenvalue weighted by molar-refractivity contribution is 0.0801. The molecular weight excluding hydrogens is 442 g/mol. The Kier molecular flexibility index (Phi) is 8.79. The topological polar surface area (TPSA) is 104 Å². The first-order valence-electron chi connectivity index (χ1n) is 11.0. The second-order valence-electron chi connectivity index (χ2n) is 8.43. The summed E-state index contributed by atoms with van der Waals surface area (Å²) in [5.74, 6) is 0.0426. The number of aryl methyl sites for hydroxylation is 1. The molecule has 1 aliphatic rings. The summed E-state index contributed by atoms with van der Waals surface area (Å²) in [6.07, 6.45) is 4.80. The van der Waals surface area contributed by atoms with E-state index in [4.69, 9.17) is 4.74 Å². The van der Waals surface area contributed by atoms with E-state index in [-0.39, 0.29) is 24.9 Å². The molecule has 0 radical (unpaired) electrons. The first-order chi connectivity index (χ1) is 15.8. The number of rotatable bonds is 8. The minimum Gasteiger partial charge on any atom is -0.447 e. The molecule has 178 valence electrons. The van der Waals surface area contributed by atoms with Gasteiger partial charge in [-0.25, -0.2) is 20.0 Å². The maximum atomic E-state index is 13.1. The Bertz CT molecular complexity index is 958. The Morgan fingerprint density at radius 1 is 1.21 bits per heavy atom. The molecule has 2 aromatic rings. The number of aromatic nitrogens is 1. The van der Waals surface area contributed by atoms with Gasteiger partial charge >= 0.3 is 12.1 Å². The lowest BCUT2D eigenvalue weighted by Crippen LogP contribution is -2.48. The number of urea groups is 1. The fourth-order valence-electron chi connectivity index (χ4n) is 3.67. The zero-order chi connectivity index (χ0) is 23.8. The summed E-state index contributed by atoms with van der Waals surface area (Å²) in [6.45, 7) is 2.77. The lowest BCUT2D eigenvalue weighted by atomic mass is 9.94. The molecule has 1 aliphatic carbocycles. The fraction of sp³-hybridized carbons (Fsp3) is 0.478. The Labute approximate surface area is 198 Å². The minimum absolute atomic E-state index is 0.00934. The van der Waals surface area contributed by atoms with Gasteiger partial charge in [-0.05, 0) is 46.0 Å². The first kappa shape index (κ1) is 24.7. The van der Waals surface area contributed by atoms with Crippen LogP contribution in [0.4, 0.5) is 15.3 Å². The molecule has 0 spiro atoms. The number of likely N-dealkylation sites (N-methyl/N-ethyl adjacent to an activating group) is 1. The number of anilines is 1. The van der Waals surface area contributed by atoms with Crippen molar-refractivity contribution in [3.05, 3.63) is 45.9 Å². The van der Waals surface area contributed by atoms with Crippen LogP contribution in [-0.4, -0.2) is 60.0 Å².